The lowest BCUT2D eigenvalue weighted by Gasteiger charge is -2.14. The van der Waals surface area contributed by atoms with Crippen LogP contribution in [0.4, 0.5) is 0 Å². The first-order valence-corrected chi connectivity index (χ1v) is 14.6. The highest BCUT2D eigenvalue weighted by atomic mass is 32.1. The van der Waals surface area contributed by atoms with Gasteiger partial charge < -0.3 is 0 Å². The van der Waals surface area contributed by atoms with E-state index in [0.717, 1.165) is 28.6 Å². The molecule has 0 radical (unpaired) electrons. The molecule has 40 heavy (non-hydrogen) atoms. The summed E-state index contributed by atoms with van der Waals surface area (Å²) in [5, 5.41) is 53.6. The van der Waals surface area contributed by atoms with Gasteiger partial charge in [0, 0.05) is 35.5 Å². The lowest BCUT2D eigenvalue weighted by atomic mass is 9.99. The smallest absolute Gasteiger partial charge is 0.146 e. The van der Waals surface area contributed by atoms with E-state index in [1.807, 2.05) is 72.8 Å². The van der Waals surface area contributed by atoms with Crippen LogP contribution in [0.5, 0.6) is 0 Å². The zero-order valence-electron chi connectivity index (χ0n) is 20.2. The van der Waals surface area contributed by atoms with Gasteiger partial charge in [0.05, 0.1) is 19.7 Å². The number of rotatable bonds is 4. The number of allylic oxidation sites excluding steroid dienone is 1. The molecule has 1 aliphatic heterocycles. The summed E-state index contributed by atoms with van der Waals surface area (Å²) in [6, 6.07) is 22.5. The first-order chi connectivity index (χ1) is 19.4. The Morgan fingerprint density at radius 1 is 0.625 bits per heavy atom. The molecule has 4 aromatic heterocycles. The molecule has 1 aliphatic rings. The molecule has 0 aliphatic carbocycles. The van der Waals surface area contributed by atoms with Crippen LogP contribution in [0.3, 0.4) is 0 Å². The minimum atomic E-state index is 0.0458. The van der Waals surface area contributed by atoms with Crippen LogP contribution in [0.15, 0.2) is 59.7 Å². The van der Waals surface area contributed by atoms with Crippen LogP contribution in [0.25, 0.3) is 28.9 Å². The minimum absolute atomic E-state index is 0.0458. The molecule has 2 N–H and O–H groups in total. The monoisotopic (exact) mass is 587 g/mol. The van der Waals surface area contributed by atoms with Crippen molar-refractivity contribution in [3.05, 3.63) is 92.4 Å². The van der Waals surface area contributed by atoms with Gasteiger partial charge in [0.1, 0.15) is 46.8 Å². The second-order valence-corrected chi connectivity index (χ2v) is 12.5. The van der Waals surface area contributed by atoms with E-state index in [9.17, 15) is 0 Å². The molecule has 0 amide bonds. The highest BCUT2D eigenvalue weighted by Crippen LogP contribution is 2.29. The summed E-state index contributed by atoms with van der Waals surface area (Å²) in [5.41, 5.74) is 1.33. The van der Waals surface area contributed by atoms with Crippen molar-refractivity contribution in [3.8, 4) is 24.3 Å². The van der Waals surface area contributed by atoms with Crippen molar-refractivity contribution in [2.45, 2.75) is 0 Å². The van der Waals surface area contributed by atoms with E-state index in [-0.39, 0.29) is 22.6 Å². The third kappa shape index (κ3) is 5.28. The zero-order chi connectivity index (χ0) is 28.2. The van der Waals surface area contributed by atoms with E-state index < -0.39 is 0 Å². The summed E-state index contributed by atoms with van der Waals surface area (Å²) in [7, 11) is 0. The van der Waals surface area contributed by atoms with Crippen LogP contribution in [0, 0.1) is 56.1 Å². The Morgan fingerprint density at radius 2 is 1.12 bits per heavy atom. The molecule has 0 fully saturated rings. The number of hydrogen-bond donors (Lipinski definition) is 2. The molecular weight excluding hydrogens is 575 g/mol. The Kier molecular flexibility index (Phi) is 7.57. The van der Waals surface area contributed by atoms with Gasteiger partial charge in [0.15, 0.2) is 0 Å². The SMILES string of the molecule is N#CC(C#N)=c1cc/c(=C/c2ccc(C3=CN=C(c4ccc(/C=c5/ccc(=C(C#N)C#N)s5)s4)C(=N)C3=N)s2)s1. The van der Waals surface area contributed by atoms with Gasteiger partial charge in [-0.25, -0.2) is 0 Å². The van der Waals surface area contributed by atoms with Crippen LogP contribution in [0.2, 0.25) is 0 Å². The fraction of sp³-hybridized carbons (Fsp3) is 0. The second-order valence-electron chi connectivity index (χ2n) is 8.06. The van der Waals surface area contributed by atoms with E-state index in [2.05, 4.69) is 4.99 Å². The van der Waals surface area contributed by atoms with E-state index in [1.165, 1.54) is 45.3 Å². The Morgan fingerprint density at radius 3 is 1.65 bits per heavy atom. The van der Waals surface area contributed by atoms with Crippen LogP contribution in [-0.2, 0) is 0 Å². The summed E-state index contributed by atoms with van der Waals surface area (Å²) in [6.45, 7) is 0. The molecule has 5 rings (SSSR count). The maximum Gasteiger partial charge on any atom is 0.146 e. The fourth-order valence-electron chi connectivity index (χ4n) is 3.70. The average molecular weight is 588 g/mol. The third-order valence-electron chi connectivity index (χ3n) is 5.59. The van der Waals surface area contributed by atoms with Crippen molar-refractivity contribution >= 4 is 91.4 Å². The number of nitrogens with one attached hydrogen (secondary N) is 2. The molecule has 0 saturated carbocycles. The molecule has 4 aromatic rings. The first-order valence-electron chi connectivity index (χ1n) is 11.3. The molecule has 11 heteroatoms. The highest BCUT2D eigenvalue weighted by Gasteiger charge is 2.24. The Balaban J connectivity index is 1.42. The zero-order valence-corrected chi connectivity index (χ0v) is 23.5. The van der Waals surface area contributed by atoms with Crippen molar-refractivity contribution < 1.29 is 0 Å². The van der Waals surface area contributed by atoms with Crippen LogP contribution < -0.4 is 18.1 Å². The van der Waals surface area contributed by atoms with Gasteiger partial charge in [-0.15, -0.1) is 45.3 Å². The van der Waals surface area contributed by atoms with Gasteiger partial charge in [-0.05, 0) is 60.7 Å². The van der Waals surface area contributed by atoms with E-state index in [1.54, 1.807) is 18.3 Å². The van der Waals surface area contributed by atoms with Gasteiger partial charge >= 0.3 is 0 Å². The Labute approximate surface area is 243 Å². The van der Waals surface area contributed by atoms with Gasteiger partial charge in [-0.2, -0.15) is 21.0 Å². The van der Waals surface area contributed by atoms with E-state index in [4.69, 9.17) is 31.9 Å². The van der Waals surface area contributed by atoms with Crippen LogP contribution in [0.1, 0.15) is 19.5 Å². The molecule has 0 aromatic carbocycles. The van der Waals surface area contributed by atoms with Gasteiger partial charge in [0.2, 0.25) is 0 Å². The van der Waals surface area contributed by atoms with Crippen LogP contribution in [-0.4, -0.2) is 17.1 Å². The predicted octanol–water partition coefficient (Wildman–Crippen LogP) is 3.87. The Bertz CT molecular complexity index is 2010. The van der Waals surface area contributed by atoms with Crippen molar-refractivity contribution in [3.63, 3.8) is 0 Å². The van der Waals surface area contributed by atoms with Crippen molar-refractivity contribution in [1.29, 1.82) is 31.9 Å². The van der Waals surface area contributed by atoms with E-state index >= 15 is 0 Å². The van der Waals surface area contributed by atoms with Gasteiger partial charge in [-0.1, -0.05) is 0 Å². The van der Waals surface area contributed by atoms with Gasteiger partial charge in [0.25, 0.3) is 0 Å². The Hall–Kier alpha value is -5.01. The molecular formula is C29H13N7S4. The molecule has 5 heterocycles. The molecule has 0 atom stereocenters. The number of thiophene rings is 4. The predicted molar refractivity (Wildman–Crippen MR) is 162 cm³/mol. The largest absolute Gasteiger partial charge is 0.298 e. The fourth-order valence-corrected chi connectivity index (χ4v) is 7.60. The molecule has 0 bridgehead atoms. The number of hydrogen-bond acceptors (Lipinski definition) is 11. The van der Waals surface area contributed by atoms with Crippen molar-refractivity contribution in [1.82, 2.24) is 0 Å². The third-order valence-corrected chi connectivity index (χ3v) is 9.80. The van der Waals surface area contributed by atoms with Crippen LogP contribution >= 0.6 is 45.3 Å². The maximum absolute atomic E-state index is 9.07. The van der Waals surface area contributed by atoms with E-state index in [0.29, 0.717) is 20.3 Å². The van der Waals surface area contributed by atoms with Crippen molar-refractivity contribution in [2.24, 2.45) is 4.99 Å². The highest BCUT2D eigenvalue weighted by molar-refractivity contribution is 7.17. The number of nitriles is 4. The molecule has 0 saturated heterocycles. The quantitative estimate of drug-likeness (QED) is 0.372. The molecule has 0 spiro atoms. The molecule has 0 unspecified atom stereocenters. The summed E-state index contributed by atoms with van der Waals surface area (Å²) in [5.74, 6) is 0. The maximum atomic E-state index is 9.07. The second kappa shape index (κ2) is 11.4. The van der Waals surface area contributed by atoms with Gasteiger partial charge in [-0.3, -0.25) is 15.8 Å². The normalized spacial score (nSPS) is 13.6. The summed E-state index contributed by atoms with van der Waals surface area (Å²) < 4.78 is 3.06. The lowest BCUT2D eigenvalue weighted by molar-refractivity contribution is 1.47. The average Bonchev–Trinajstić information content (AvgIpc) is 3.77. The summed E-state index contributed by atoms with van der Waals surface area (Å²) in [4.78, 5) is 8.01. The minimum Gasteiger partial charge on any atom is -0.298 e. The van der Waals surface area contributed by atoms with Crippen molar-refractivity contribution in [2.75, 3.05) is 0 Å². The standard InChI is InChI=1S/C29H13N7S4/c30-11-16(12-31)23-5-1-18(37-23)9-20-3-7-25(39-20)22-15-36-29(28(35)27(22)34)26-8-4-21(40-26)10-19-2-6-24(38-19)17(13-32)14-33/h1-10,15,34-35H/b18-9-,19-10-,34-27?,35-28?. The topological polar surface area (TPSA) is 155 Å². The summed E-state index contributed by atoms with van der Waals surface area (Å²) in [6.07, 6.45) is 5.54. The number of nitrogens with zero attached hydrogens (tertiary/aromatic N) is 5. The molecule has 7 nitrogen and oxygen atoms in total. The number of aliphatic imine (C=N–C) groups is 1. The lowest BCUT2D eigenvalue weighted by Crippen LogP contribution is -2.26. The first kappa shape index (κ1) is 26.6. The summed E-state index contributed by atoms with van der Waals surface area (Å²) >= 11 is 5.65. The molecule has 188 valence electrons.